The number of likely N-dealkylation sites (tertiary alicyclic amines) is 1. The van der Waals surface area contributed by atoms with Crippen molar-refractivity contribution in [1.29, 1.82) is 0 Å². The fourth-order valence-electron chi connectivity index (χ4n) is 4.48. The van der Waals surface area contributed by atoms with Crippen LogP contribution in [0.2, 0.25) is 0 Å². The van der Waals surface area contributed by atoms with Crippen LogP contribution in [0.4, 0.5) is 4.79 Å². The van der Waals surface area contributed by atoms with E-state index in [9.17, 15) is 14.4 Å². The number of amides is 4. The van der Waals surface area contributed by atoms with Crippen LogP contribution in [0.25, 0.3) is 0 Å². The van der Waals surface area contributed by atoms with E-state index < -0.39 is 17.5 Å². The van der Waals surface area contributed by atoms with E-state index in [-0.39, 0.29) is 11.8 Å². The number of carbonyl (C=O) groups excluding carboxylic acids is 3. The normalized spacial score (nSPS) is 19.0. The zero-order chi connectivity index (χ0) is 23.0. The maximum Gasteiger partial charge on any atom is 0.315 e. The Balaban J connectivity index is 1.83. The van der Waals surface area contributed by atoms with Gasteiger partial charge in [-0.05, 0) is 30.4 Å². The number of nitrogens with zero attached hydrogens (tertiary/aromatic N) is 1. The summed E-state index contributed by atoms with van der Waals surface area (Å²) in [6, 6.07) is 18.4. The molecule has 0 aliphatic carbocycles. The number of urea groups is 1. The van der Waals surface area contributed by atoms with Crippen molar-refractivity contribution >= 4 is 17.8 Å². The summed E-state index contributed by atoms with van der Waals surface area (Å²) in [4.78, 5) is 40.4. The number of hydrogen-bond acceptors (Lipinski definition) is 3. The van der Waals surface area contributed by atoms with Crippen LogP contribution < -0.4 is 16.0 Å². The number of piperidine rings is 1. The smallest absolute Gasteiger partial charge is 0.315 e. The fraction of sp³-hybridized carbons (Fsp3) is 0.400. The summed E-state index contributed by atoms with van der Waals surface area (Å²) in [5, 5.41) is 8.13. The molecule has 0 aromatic heterocycles. The van der Waals surface area contributed by atoms with Gasteiger partial charge in [0.2, 0.25) is 11.8 Å². The molecule has 2 aromatic carbocycles. The number of nitrogens with one attached hydrogen (secondary N) is 3. The summed E-state index contributed by atoms with van der Waals surface area (Å²) >= 11 is 0. The van der Waals surface area contributed by atoms with Gasteiger partial charge in [-0.3, -0.25) is 9.59 Å². The molecule has 1 heterocycles. The first-order valence-corrected chi connectivity index (χ1v) is 11.0. The van der Waals surface area contributed by atoms with Crippen LogP contribution in [0.3, 0.4) is 0 Å². The second-order valence-corrected chi connectivity index (χ2v) is 8.35. The minimum absolute atomic E-state index is 0.0577. The van der Waals surface area contributed by atoms with E-state index in [2.05, 4.69) is 16.0 Å². The van der Waals surface area contributed by atoms with Gasteiger partial charge in [-0.2, -0.15) is 0 Å². The standard InChI is InChI=1S/C25H32N4O3/c1-26-23(31)25(17-20-12-7-4-8-13-20)14-9-15-29(18-25)22(30)21(28-24(32)27-2)16-19-10-5-3-6-11-19/h3-8,10-13,21H,9,14-18H2,1-2H3,(H,26,31)(H2,27,28,32)/t21?,25-/m0/s1. The van der Waals surface area contributed by atoms with Crippen molar-refractivity contribution in [2.24, 2.45) is 5.41 Å². The lowest BCUT2D eigenvalue weighted by Crippen LogP contribution is -2.58. The van der Waals surface area contributed by atoms with E-state index in [1.54, 1.807) is 11.9 Å². The Labute approximate surface area is 189 Å². The molecule has 2 aromatic rings. The molecule has 0 radical (unpaired) electrons. The molecule has 1 fully saturated rings. The molecule has 1 aliphatic heterocycles. The number of rotatable bonds is 7. The molecule has 2 atom stereocenters. The summed E-state index contributed by atoms with van der Waals surface area (Å²) in [5.74, 6) is -0.226. The van der Waals surface area contributed by atoms with Gasteiger partial charge < -0.3 is 20.9 Å². The van der Waals surface area contributed by atoms with E-state index in [0.717, 1.165) is 17.5 Å². The Morgan fingerprint density at radius 3 is 2.16 bits per heavy atom. The lowest BCUT2D eigenvalue weighted by molar-refractivity contribution is -0.142. The van der Waals surface area contributed by atoms with E-state index in [1.165, 1.54) is 7.05 Å². The average molecular weight is 437 g/mol. The topological polar surface area (TPSA) is 90.5 Å². The highest BCUT2D eigenvalue weighted by atomic mass is 16.2. The monoisotopic (exact) mass is 436 g/mol. The molecular formula is C25H32N4O3. The van der Waals surface area contributed by atoms with E-state index in [1.807, 2.05) is 60.7 Å². The largest absolute Gasteiger partial charge is 0.359 e. The van der Waals surface area contributed by atoms with Crippen LogP contribution in [0.1, 0.15) is 24.0 Å². The van der Waals surface area contributed by atoms with Crippen molar-refractivity contribution in [2.45, 2.75) is 31.7 Å². The van der Waals surface area contributed by atoms with Crippen LogP contribution in [0, 0.1) is 5.41 Å². The van der Waals surface area contributed by atoms with Gasteiger partial charge in [0.1, 0.15) is 6.04 Å². The van der Waals surface area contributed by atoms with E-state index in [4.69, 9.17) is 0 Å². The van der Waals surface area contributed by atoms with Crippen molar-refractivity contribution < 1.29 is 14.4 Å². The second-order valence-electron chi connectivity index (χ2n) is 8.35. The minimum atomic E-state index is -0.713. The molecule has 3 N–H and O–H groups in total. The SMILES string of the molecule is CNC(=O)NC(Cc1ccccc1)C(=O)N1CCC[C@@](Cc2ccccc2)(C(=O)NC)C1. The summed E-state index contributed by atoms with van der Waals surface area (Å²) in [6.07, 6.45) is 2.38. The predicted octanol–water partition coefficient (Wildman–Crippen LogP) is 2.12. The first-order chi connectivity index (χ1) is 15.5. The van der Waals surface area contributed by atoms with Crippen molar-refractivity contribution in [3.05, 3.63) is 71.8 Å². The van der Waals surface area contributed by atoms with Crippen LogP contribution in [0.15, 0.2) is 60.7 Å². The summed E-state index contributed by atoms with van der Waals surface area (Å²) < 4.78 is 0. The lowest BCUT2D eigenvalue weighted by atomic mass is 9.74. The van der Waals surface area contributed by atoms with E-state index in [0.29, 0.717) is 32.4 Å². The van der Waals surface area contributed by atoms with Gasteiger partial charge in [0.05, 0.1) is 5.41 Å². The molecule has 4 amide bonds. The van der Waals surface area contributed by atoms with Gasteiger partial charge in [0.25, 0.3) is 0 Å². The van der Waals surface area contributed by atoms with E-state index >= 15 is 0 Å². The quantitative estimate of drug-likeness (QED) is 0.621. The number of benzene rings is 2. The Morgan fingerprint density at radius 2 is 1.56 bits per heavy atom. The Hall–Kier alpha value is -3.35. The number of carbonyl (C=O) groups is 3. The molecule has 1 saturated heterocycles. The predicted molar refractivity (Wildman–Crippen MR) is 124 cm³/mol. The first-order valence-electron chi connectivity index (χ1n) is 11.0. The van der Waals surface area contributed by atoms with Crippen molar-refractivity contribution in [1.82, 2.24) is 20.9 Å². The number of hydrogen-bond donors (Lipinski definition) is 3. The van der Waals surface area contributed by atoms with Gasteiger partial charge in [-0.15, -0.1) is 0 Å². The van der Waals surface area contributed by atoms with Crippen molar-refractivity contribution in [3.63, 3.8) is 0 Å². The van der Waals surface area contributed by atoms with Crippen LogP contribution in [-0.4, -0.2) is 56.0 Å². The molecule has 32 heavy (non-hydrogen) atoms. The lowest BCUT2D eigenvalue weighted by Gasteiger charge is -2.42. The molecule has 0 bridgehead atoms. The summed E-state index contributed by atoms with van der Waals surface area (Å²) in [7, 11) is 3.16. The molecule has 0 saturated carbocycles. The highest BCUT2D eigenvalue weighted by molar-refractivity contribution is 5.89. The van der Waals surface area contributed by atoms with Gasteiger partial charge >= 0.3 is 6.03 Å². The van der Waals surface area contributed by atoms with Crippen molar-refractivity contribution in [3.8, 4) is 0 Å². The summed E-state index contributed by atoms with van der Waals surface area (Å²) in [6.45, 7) is 0.883. The molecule has 7 nitrogen and oxygen atoms in total. The maximum absolute atomic E-state index is 13.6. The average Bonchev–Trinajstić information content (AvgIpc) is 2.84. The third-order valence-corrected chi connectivity index (χ3v) is 6.10. The van der Waals surface area contributed by atoms with Gasteiger partial charge in [-0.25, -0.2) is 4.79 Å². The molecule has 7 heteroatoms. The van der Waals surface area contributed by atoms with Crippen LogP contribution in [0.5, 0.6) is 0 Å². The van der Waals surface area contributed by atoms with Crippen LogP contribution >= 0.6 is 0 Å². The Bertz CT molecular complexity index is 919. The van der Waals surface area contributed by atoms with Gasteiger partial charge in [-0.1, -0.05) is 60.7 Å². The molecule has 170 valence electrons. The zero-order valence-corrected chi connectivity index (χ0v) is 18.8. The Morgan fingerprint density at radius 1 is 0.938 bits per heavy atom. The van der Waals surface area contributed by atoms with Crippen molar-refractivity contribution in [2.75, 3.05) is 27.2 Å². The summed E-state index contributed by atoms with van der Waals surface area (Å²) in [5.41, 5.74) is 1.32. The third kappa shape index (κ3) is 5.66. The second kappa shape index (κ2) is 10.8. The first kappa shape index (κ1) is 23.3. The van der Waals surface area contributed by atoms with Gasteiger partial charge in [0, 0.05) is 33.6 Å². The molecule has 0 spiro atoms. The van der Waals surface area contributed by atoms with Gasteiger partial charge in [0.15, 0.2) is 0 Å². The highest BCUT2D eigenvalue weighted by Crippen LogP contribution is 2.34. The molecule has 3 rings (SSSR count). The fourth-order valence-corrected chi connectivity index (χ4v) is 4.48. The molecule has 1 aliphatic rings. The maximum atomic E-state index is 13.6. The third-order valence-electron chi connectivity index (χ3n) is 6.10. The molecular weight excluding hydrogens is 404 g/mol. The highest BCUT2D eigenvalue weighted by Gasteiger charge is 2.44. The minimum Gasteiger partial charge on any atom is -0.359 e. The Kier molecular flexibility index (Phi) is 7.87. The molecule has 1 unspecified atom stereocenters. The zero-order valence-electron chi connectivity index (χ0n) is 18.8. The van der Waals surface area contributed by atoms with Crippen LogP contribution in [-0.2, 0) is 22.4 Å².